The van der Waals surface area contributed by atoms with Crippen molar-refractivity contribution >= 4 is 21.9 Å². The van der Waals surface area contributed by atoms with Gasteiger partial charge in [0.1, 0.15) is 22.6 Å². The molecule has 0 aliphatic heterocycles. The molecule has 0 N–H and O–H groups in total. The molecule has 4 heteroatoms. The second kappa shape index (κ2) is 13.6. The molecule has 0 unspecified atom stereocenters. The maximum atomic E-state index is 6.66. The van der Waals surface area contributed by atoms with Crippen LogP contribution in [0.5, 0.6) is 0 Å². The SMILES string of the molecule is Cc1c(C)c(-c2ccccc2)c2c(c1-c1ccc3oc4ccccc4c3c1-c1ccccc1-c1nnnc(-c3ccccc3)c1-c1ccccc1)Cc1ccccc1-2. The van der Waals surface area contributed by atoms with Gasteiger partial charge in [0.25, 0.3) is 0 Å². The van der Waals surface area contributed by atoms with Gasteiger partial charge in [-0.2, -0.15) is 0 Å². The van der Waals surface area contributed by atoms with E-state index in [2.05, 4.69) is 165 Å². The van der Waals surface area contributed by atoms with Gasteiger partial charge in [-0.25, -0.2) is 0 Å². The summed E-state index contributed by atoms with van der Waals surface area (Å²) in [7, 11) is 0. The molecule has 0 atom stereocenters. The molecule has 274 valence electrons. The lowest BCUT2D eigenvalue weighted by molar-refractivity contribution is 0.669. The summed E-state index contributed by atoms with van der Waals surface area (Å²) in [5.74, 6) is 0. The number of furan rings is 1. The minimum Gasteiger partial charge on any atom is -0.456 e. The van der Waals surface area contributed by atoms with Gasteiger partial charge in [-0.3, -0.25) is 0 Å². The highest BCUT2D eigenvalue weighted by atomic mass is 16.3. The fourth-order valence-electron chi connectivity index (χ4n) is 9.38. The van der Waals surface area contributed by atoms with Crippen LogP contribution < -0.4 is 0 Å². The predicted octanol–water partition coefficient (Wildman–Crippen LogP) is 14.0. The van der Waals surface area contributed by atoms with E-state index >= 15 is 0 Å². The van der Waals surface area contributed by atoms with Crippen LogP contribution in [-0.4, -0.2) is 15.4 Å². The first kappa shape index (κ1) is 33.9. The minimum absolute atomic E-state index is 0.774. The van der Waals surface area contributed by atoms with Crippen molar-refractivity contribution in [1.29, 1.82) is 0 Å². The van der Waals surface area contributed by atoms with Gasteiger partial charge in [0.2, 0.25) is 0 Å². The van der Waals surface area contributed by atoms with E-state index in [9.17, 15) is 0 Å². The molecule has 11 rings (SSSR count). The molecule has 1 aliphatic carbocycles. The molecule has 0 amide bonds. The van der Waals surface area contributed by atoms with Crippen molar-refractivity contribution in [2.24, 2.45) is 0 Å². The largest absolute Gasteiger partial charge is 0.456 e. The first-order valence-corrected chi connectivity index (χ1v) is 19.8. The maximum Gasteiger partial charge on any atom is 0.136 e. The van der Waals surface area contributed by atoms with Crippen LogP contribution in [-0.2, 0) is 6.42 Å². The third kappa shape index (κ3) is 5.26. The van der Waals surface area contributed by atoms with E-state index in [1.54, 1.807) is 0 Å². The molecule has 0 bridgehead atoms. The highest BCUT2D eigenvalue weighted by Crippen LogP contribution is 2.54. The molecular formula is C54H37N3O. The number of benzene rings is 8. The molecule has 58 heavy (non-hydrogen) atoms. The Morgan fingerprint density at radius 2 is 0.966 bits per heavy atom. The van der Waals surface area contributed by atoms with Crippen molar-refractivity contribution in [3.05, 3.63) is 198 Å². The molecule has 0 saturated heterocycles. The first-order chi connectivity index (χ1) is 28.7. The zero-order valence-corrected chi connectivity index (χ0v) is 32.2. The van der Waals surface area contributed by atoms with Gasteiger partial charge < -0.3 is 4.42 Å². The fraction of sp³-hybridized carbons (Fsp3) is 0.0556. The Morgan fingerprint density at radius 1 is 0.397 bits per heavy atom. The summed E-state index contributed by atoms with van der Waals surface area (Å²) in [5.41, 5.74) is 22.3. The number of aromatic nitrogens is 3. The third-order valence-corrected chi connectivity index (χ3v) is 12.0. The number of nitrogens with zero attached hydrogens (tertiary/aromatic N) is 3. The van der Waals surface area contributed by atoms with Crippen LogP contribution in [0.2, 0.25) is 0 Å². The zero-order chi connectivity index (χ0) is 38.7. The van der Waals surface area contributed by atoms with Crippen molar-refractivity contribution < 1.29 is 4.42 Å². The van der Waals surface area contributed by atoms with E-state index in [-0.39, 0.29) is 0 Å². The molecule has 2 heterocycles. The smallest absolute Gasteiger partial charge is 0.136 e. The second-order valence-corrected chi connectivity index (χ2v) is 15.2. The summed E-state index contributed by atoms with van der Waals surface area (Å²) in [6.45, 7) is 4.60. The summed E-state index contributed by atoms with van der Waals surface area (Å²) in [6.07, 6.45) is 0.849. The standard InChI is InChI=1S/C54H37N3O/c1-33-34(2)48(44-32-38-24-12-13-25-39(38)50(44)47(33)35-18-6-3-7-19-35)43-30-31-46-52(42-28-16-17-29-45(42)58-46)51(43)40-26-14-15-27-41(40)54-49(36-20-8-4-9-21-36)53(55-57-56-54)37-22-10-5-11-23-37/h3-31H,32H2,1-2H3. The van der Waals surface area contributed by atoms with Crippen LogP contribution in [0, 0.1) is 13.8 Å². The van der Waals surface area contributed by atoms with Crippen LogP contribution in [0.4, 0.5) is 0 Å². The Balaban J connectivity index is 1.27. The molecule has 0 fully saturated rings. The zero-order valence-electron chi connectivity index (χ0n) is 32.2. The average Bonchev–Trinajstić information content (AvgIpc) is 3.86. The van der Waals surface area contributed by atoms with Crippen LogP contribution >= 0.6 is 0 Å². The summed E-state index contributed by atoms with van der Waals surface area (Å²) >= 11 is 0. The monoisotopic (exact) mass is 743 g/mol. The van der Waals surface area contributed by atoms with Crippen molar-refractivity contribution in [2.45, 2.75) is 20.3 Å². The van der Waals surface area contributed by atoms with Crippen LogP contribution in [0.25, 0.3) is 100 Å². The van der Waals surface area contributed by atoms with Gasteiger partial charge >= 0.3 is 0 Å². The van der Waals surface area contributed by atoms with Gasteiger partial charge in [-0.15, -0.1) is 10.2 Å². The van der Waals surface area contributed by atoms with Gasteiger partial charge in [-0.05, 0) is 110 Å². The lowest BCUT2D eigenvalue weighted by Gasteiger charge is -2.24. The molecule has 0 spiro atoms. The number of para-hydroxylation sites is 1. The Bertz CT molecular complexity index is 3200. The first-order valence-electron chi connectivity index (χ1n) is 19.8. The molecule has 0 saturated carbocycles. The molecule has 10 aromatic rings. The Morgan fingerprint density at radius 3 is 1.71 bits per heavy atom. The lowest BCUT2D eigenvalue weighted by atomic mass is 9.79. The number of rotatable bonds is 6. The van der Waals surface area contributed by atoms with Gasteiger partial charge in [-0.1, -0.05) is 158 Å². The fourth-order valence-corrected chi connectivity index (χ4v) is 9.38. The second-order valence-electron chi connectivity index (χ2n) is 15.2. The third-order valence-electron chi connectivity index (χ3n) is 12.0. The Labute approximate surface area is 337 Å². The van der Waals surface area contributed by atoms with E-state index in [4.69, 9.17) is 14.6 Å². The van der Waals surface area contributed by atoms with Crippen molar-refractivity contribution in [1.82, 2.24) is 15.4 Å². The van der Waals surface area contributed by atoms with Crippen LogP contribution in [0.3, 0.4) is 0 Å². The van der Waals surface area contributed by atoms with Crippen molar-refractivity contribution in [3.8, 4) is 78.1 Å². The van der Waals surface area contributed by atoms with E-state index < -0.39 is 0 Å². The molecule has 8 aromatic carbocycles. The normalized spacial score (nSPS) is 11.9. The predicted molar refractivity (Wildman–Crippen MR) is 237 cm³/mol. The van der Waals surface area contributed by atoms with E-state index in [0.29, 0.717) is 0 Å². The van der Waals surface area contributed by atoms with Crippen LogP contribution in [0.15, 0.2) is 180 Å². The molecule has 0 radical (unpaired) electrons. The Kier molecular flexibility index (Phi) is 7.97. The number of hydrogen-bond acceptors (Lipinski definition) is 4. The highest BCUT2D eigenvalue weighted by Gasteiger charge is 2.31. The number of fused-ring (bicyclic) bond motifs is 6. The lowest BCUT2D eigenvalue weighted by Crippen LogP contribution is -2.03. The molecular weight excluding hydrogens is 707 g/mol. The van der Waals surface area contributed by atoms with Crippen molar-refractivity contribution in [3.63, 3.8) is 0 Å². The quantitative estimate of drug-likeness (QED) is 0.170. The van der Waals surface area contributed by atoms with Gasteiger partial charge in [0.15, 0.2) is 0 Å². The van der Waals surface area contributed by atoms with Crippen molar-refractivity contribution in [2.75, 3.05) is 0 Å². The summed E-state index contributed by atoms with van der Waals surface area (Å²) in [5, 5.41) is 16.2. The summed E-state index contributed by atoms with van der Waals surface area (Å²) in [6, 6.07) is 62.1. The minimum atomic E-state index is 0.774. The van der Waals surface area contributed by atoms with Crippen LogP contribution in [0.1, 0.15) is 22.3 Å². The number of hydrogen-bond donors (Lipinski definition) is 0. The van der Waals surface area contributed by atoms with Gasteiger partial charge in [0, 0.05) is 33.0 Å². The molecule has 2 aromatic heterocycles. The summed E-state index contributed by atoms with van der Waals surface area (Å²) < 4.78 is 6.66. The molecule has 4 nitrogen and oxygen atoms in total. The topological polar surface area (TPSA) is 51.8 Å². The average molecular weight is 744 g/mol. The summed E-state index contributed by atoms with van der Waals surface area (Å²) in [4.78, 5) is 0. The van der Waals surface area contributed by atoms with E-state index in [0.717, 1.165) is 73.1 Å². The highest BCUT2D eigenvalue weighted by molar-refractivity contribution is 6.18. The van der Waals surface area contributed by atoms with E-state index in [1.807, 2.05) is 30.3 Å². The van der Waals surface area contributed by atoms with Gasteiger partial charge in [0.05, 0.1) is 0 Å². The Hall–Kier alpha value is -7.43. The van der Waals surface area contributed by atoms with E-state index in [1.165, 1.54) is 55.6 Å². The molecule has 1 aliphatic rings. The maximum absolute atomic E-state index is 6.66.